The van der Waals surface area contributed by atoms with Gasteiger partial charge in [-0.2, -0.15) is 0 Å². The van der Waals surface area contributed by atoms with E-state index in [1.807, 2.05) is 0 Å². The summed E-state index contributed by atoms with van der Waals surface area (Å²) in [7, 11) is 0. The molecule has 0 unspecified atom stereocenters. The van der Waals surface area contributed by atoms with Gasteiger partial charge in [-0.3, -0.25) is 4.79 Å². The second-order valence-corrected chi connectivity index (χ2v) is 5.77. The first-order chi connectivity index (χ1) is 10.2. The molecule has 0 bridgehead atoms. The maximum absolute atomic E-state index is 11.8. The van der Waals surface area contributed by atoms with Crippen LogP contribution in [0.4, 0.5) is 0 Å². The number of hydrogen-bond acceptors (Lipinski definition) is 3. The van der Waals surface area contributed by atoms with Crippen molar-refractivity contribution in [1.82, 2.24) is 5.32 Å². The maximum atomic E-state index is 11.8. The molecule has 114 valence electrons. The van der Waals surface area contributed by atoms with Gasteiger partial charge in [0.15, 0.2) is 6.61 Å². The molecule has 1 N–H and O–H groups in total. The molecule has 1 aliphatic carbocycles. The van der Waals surface area contributed by atoms with Crippen LogP contribution in [0.25, 0.3) is 0 Å². The SMILES string of the molecule is O=C(COC(=O)c1ccccc1Cl)NCC1CCCCC1. The molecule has 0 radical (unpaired) electrons. The predicted molar refractivity (Wildman–Crippen MR) is 81.3 cm³/mol. The van der Waals surface area contributed by atoms with E-state index in [0.29, 0.717) is 17.5 Å². The van der Waals surface area contributed by atoms with Crippen LogP contribution in [0.2, 0.25) is 5.02 Å². The quantitative estimate of drug-likeness (QED) is 0.850. The largest absolute Gasteiger partial charge is 0.452 e. The van der Waals surface area contributed by atoms with Gasteiger partial charge in [0.1, 0.15) is 0 Å². The minimum Gasteiger partial charge on any atom is -0.452 e. The maximum Gasteiger partial charge on any atom is 0.340 e. The third-order valence-corrected chi connectivity index (χ3v) is 4.07. The van der Waals surface area contributed by atoms with Crippen LogP contribution in [0, 0.1) is 5.92 Å². The van der Waals surface area contributed by atoms with E-state index in [9.17, 15) is 9.59 Å². The van der Waals surface area contributed by atoms with Crippen molar-refractivity contribution in [3.8, 4) is 0 Å². The monoisotopic (exact) mass is 309 g/mol. The highest BCUT2D eigenvalue weighted by atomic mass is 35.5. The van der Waals surface area contributed by atoms with Crippen LogP contribution >= 0.6 is 11.6 Å². The van der Waals surface area contributed by atoms with Crippen molar-refractivity contribution >= 4 is 23.5 Å². The van der Waals surface area contributed by atoms with Crippen LogP contribution in [0.15, 0.2) is 24.3 Å². The van der Waals surface area contributed by atoms with Gasteiger partial charge < -0.3 is 10.1 Å². The van der Waals surface area contributed by atoms with E-state index in [0.717, 1.165) is 0 Å². The Hall–Kier alpha value is -1.55. The minimum absolute atomic E-state index is 0.263. The van der Waals surface area contributed by atoms with Crippen LogP contribution < -0.4 is 5.32 Å². The minimum atomic E-state index is -0.576. The molecule has 1 aromatic carbocycles. The third kappa shape index (κ3) is 5.05. The summed E-state index contributed by atoms with van der Waals surface area (Å²) in [6, 6.07) is 6.62. The van der Waals surface area contributed by atoms with E-state index in [4.69, 9.17) is 16.3 Å². The molecule has 5 heteroatoms. The highest BCUT2D eigenvalue weighted by Gasteiger charge is 2.16. The van der Waals surface area contributed by atoms with Gasteiger partial charge in [-0.25, -0.2) is 4.79 Å². The summed E-state index contributed by atoms with van der Waals surface area (Å²) in [6.07, 6.45) is 6.10. The lowest BCUT2D eigenvalue weighted by Gasteiger charge is -2.21. The van der Waals surface area contributed by atoms with Crippen LogP contribution in [-0.2, 0) is 9.53 Å². The molecule has 2 rings (SSSR count). The first-order valence-corrected chi connectivity index (χ1v) is 7.73. The summed E-state index contributed by atoms with van der Waals surface area (Å²) < 4.78 is 4.98. The first-order valence-electron chi connectivity index (χ1n) is 7.35. The van der Waals surface area contributed by atoms with Crippen LogP contribution in [0.1, 0.15) is 42.5 Å². The van der Waals surface area contributed by atoms with E-state index in [1.54, 1.807) is 24.3 Å². The van der Waals surface area contributed by atoms with Gasteiger partial charge in [-0.15, -0.1) is 0 Å². The molecule has 0 heterocycles. The molecule has 4 nitrogen and oxygen atoms in total. The van der Waals surface area contributed by atoms with E-state index in [1.165, 1.54) is 32.1 Å². The van der Waals surface area contributed by atoms with Crippen molar-refractivity contribution in [1.29, 1.82) is 0 Å². The van der Waals surface area contributed by atoms with Gasteiger partial charge in [0.2, 0.25) is 0 Å². The fraction of sp³-hybridized carbons (Fsp3) is 0.500. The van der Waals surface area contributed by atoms with E-state index in [-0.39, 0.29) is 18.1 Å². The fourth-order valence-corrected chi connectivity index (χ4v) is 2.75. The Morgan fingerprint density at radius 1 is 1.19 bits per heavy atom. The van der Waals surface area contributed by atoms with Crippen molar-refractivity contribution in [3.05, 3.63) is 34.9 Å². The number of ether oxygens (including phenoxy) is 1. The second-order valence-electron chi connectivity index (χ2n) is 5.36. The van der Waals surface area contributed by atoms with Crippen molar-refractivity contribution in [2.45, 2.75) is 32.1 Å². The molecule has 1 aliphatic rings. The number of hydrogen-bond donors (Lipinski definition) is 1. The zero-order valence-corrected chi connectivity index (χ0v) is 12.7. The molecule has 0 atom stereocenters. The van der Waals surface area contributed by atoms with Crippen LogP contribution in [0.3, 0.4) is 0 Å². The van der Waals surface area contributed by atoms with Crippen LogP contribution in [-0.4, -0.2) is 25.0 Å². The molecule has 21 heavy (non-hydrogen) atoms. The summed E-state index contributed by atoms with van der Waals surface area (Å²) in [6.45, 7) is 0.402. The lowest BCUT2D eigenvalue weighted by Crippen LogP contribution is -2.33. The molecule has 1 saturated carbocycles. The normalized spacial score (nSPS) is 15.5. The predicted octanol–water partition coefficient (Wildman–Crippen LogP) is 3.19. The Balaban J connectivity index is 1.71. The van der Waals surface area contributed by atoms with Crippen molar-refractivity contribution in [2.24, 2.45) is 5.92 Å². The number of amides is 1. The first kappa shape index (κ1) is 15.8. The van der Waals surface area contributed by atoms with Crippen molar-refractivity contribution < 1.29 is 14.3 Å². The molecule has 1 amide bonds. The summed E-state index contributed by atoms with van der Waals surface area (Å²) in [5, 5.41) is 3.15. The highest BCUT2D eigenvalue weighted by molar-refractivity contribution is 6.33. The Kier molecular flexibility index (Phi) is 6.05. The fourth-order valence-electron chi connectivity index (χ4n) is 2.54. The van der Waals surface area contributed by atoms with Gasteiger partial charge in [0, 0.05) is 6.54 Å². The topological polar surface area (TPSA) is 55.4 Å². The Bertz CT molecular complexity index is 498. The zero-order chi connectivity index (χ0) is 15.1. The van der Waals surface area contributed by atoms with Gasteiger partial charge in [0.25, 0.3) is 5.91 Å². The van der Waals surface area contributed by atoms with Crippen molar-refractivity contribution in [2.75, 3.05) is 13.2 Å². The Morgan fingerprint density at radius 3 is 2.62 bits per heavy atom. The molecule has 1 aromatic rings. The molecule has 0 aromatic heterocycles. The Morgan fingerprint density at radius 2 is 1.90 bits per heavy atom. The lowest BCUT2D eigenvalue weighted by atomic mass is 9.89. The number of carbonyl (C=O) groups is 2. The Labute approximate surface area is 129 Å². The molecule has 0 saturated heterocycles. The molecular weight excluding hydrogens is 290 g/mol. The number of esters is 1. The summed E-state index contributed by atoms with van der Waals surface area (Å²) >= 11 is 5.90. The zero-order valence-electron chi connectivity index (χ0n) is 11.9. The smallest absolute Gasteiger partial charge is 0.340 e. The molecular formula is C16H20ClNO3. The summed E-state index contributed by atoms with van der Waals surface area (Å²) in [5.74, 6) is -0.281. The van der Waals surface area contributed by atoms with Gasteiger partial charge in [-0.05, 0) is 30.9 Å². The van der Waals surface area contributed by atoms with Gasteiger partial charge in [-0.1, -0.05) is 43.0 Å². The number of halogens is 1. The van der Waals surface area contributed by atoms with Gasteiger partial charge >= 0.3 is 5.97 Å². The van der Waals surface area contributed by atoms with E-state index in [2.05, 4.69) is 5.32 Å². The third-order valence-electron chi connectivity index (χ3n) is 3.74. The number of rotatable bonds is 5. The molecule has 1 fully saturated rings. The lowest BCUT2D eigenvalue weighted by molar-refractivity contribution is -0.124. The van der Waals surface area contributed by atoms with E-state index < -0.39 is 5.97 Å². The molecule has 0 spiro atoms. The average Bonchev–Trinajstić information content (AvgIpc) is 2.52. The number of nitrogens with one attached hydrogen (secondary N) is 1. The number of benzene rings is 1. The average molecular weight is 310 g/mol. The summed E-state index contributed by atoms with van der Waals surface area (Å²) in [5.41, 5.74) is 0.277. The van der Waals surface area contributed by atoms with E-state index >= 15 is 0 Å². The standard InChI is InChI=1S/C16H20ClNO3/c17-14-9-5-4-8-13(14)16(20)21-11-15(19)18-10-12-6-2-1-3-7-12/h4-5,8-9,12H,1-3,6-7,10-11H2,(H,18,19). The highest BCUT2D eigenvalue weighted by Crippen LogP contribution is 2.22. The summed E-state index contributed by atoms with van der Waals surface area (Å²) in [4.78, 5) is 23.5. The molecule has 0 aliphatic heterocycles. The van der Waals surface area contributed by atoms with Gasteiger partial charge in [0.05, 0.1) is 10.6 Å². The number of carbonyl (C=O) groups excluding carboxylic acids is 2. The second kappa shape index (κ2) is 8.03. The van der Waals surface area contributed by atoms with Crippen molar-refractivity contribution in [3.63, 3.8) is 0 Å². The van der Waals surface area contributed by atoms with Crippen LogP contribution in [0.5, 0.6) is 0 Å².